The van der Waals surface area contributed by atoms with E-state index in [1.165, 1.54) is 0 Å². The third-order valence-electron chi connectivity index (χ3n) is 3.94. The molecule has 1 heterocycles. The van der Waals surface area contributed by atoms with Gasteiger partial charge in [0.15, 0.2) is 0 Å². The second kappa shape index (κ2) is 8.12. The van der Waals surface area contributed by atoms with Gasteiger partial charge < -0.3 is 16.2 Å². The van der Waals surface area contributed by atoms with Crippen LogP contribution in [0.15, 0.2) is 30.3 Å². The summed E-state index contributed by atoms with van der Waals surface area (Å²) in [6.45, 7) is 3.21. The van der Waals surface area contributed by atoms with Gasteiger partial charge in [0.2, 0.25) is 5.91 Å². The van der Waals surface area contributed by atoms with Crippen LogP contribution in [0.5, 0.6) is 0 Å². The van der Waals surface area contributed by atoms with Crippen molar-refractivity contribution in [3.8, 4) is 0 Å². The first-order chi connectivity index (χ1) is 10.2. The lowest BCUT2D eigenvalue weighted by molar-refractivity contribution is -0.126. The number of nitrogens with one attached hydrogen (secondary N) is 1. The molecule has 1 aromatic carbocycles. The summed E-state index contributed by atoms with van der Waals surface area (Å²) >= 11 is 0. The second-order valence-electron chi connectivity index (χ2n) is 5.60. The lowest BCUT2D eigenvalue weighted by Crippen LogP contribution is -2.45. The fraction of sp³-hybridized carbons (Fsp3) is 0.562. The average Bonchev–Trinajstić information content (AvgIpc) is 2.53. The molecule has 2 rings (SSSR count). The summed E-state index contributed by atoms with van der Waals surface area (Å²) in [5.41, 5.74) is 6.33. The van der Waals surface area contributed by atoms with Crippen molar-refractivity contribution in [3.05, 3.63) is 35.9 Å². The topological polar surface area (TPSA) is 78.6 Å². The lowest BCUT2D eigenvalue weighted by Gasteiger charge is -2.33. The van der Waals surface area contributed by atoms with Crippen LogP contribution in [-0.4, -0.2) is 48.6 Å². The molecule has 2 unspecified atom stereocenters. The zero-order valence-corrected chi connectivity index (χ0v) is 12.4. The molecule has 5 nitrogen and oxygen atoms in total. The van der Waals surface area contributed by atoms with Gasteiger partial charge in [-0.2, -0.15) is 0 Å². The summed E-state index contributed by atoms with van der Waals surface area (Å²) in [4.78, 5) is 14.2. The molecule has 0 saturated carbocycles. The highest BCUT2D eigenvalue weighted by Gasteiger charge is 2.26. The van der Waals surface area contributed by atoms with Crippen molar-refractivity contribution >= 4 is 5.91 Å². The Balaban J connectivity index is 1.85. The quantitative estimate of drug-likeness (QED) is 0.713. The van der Waals surface area contributed by atoms with Crippen molar-refractivity contribution in [2.75, 3.05) is 32.7 Å². The van der Waals surface area contributed by atoms with Crippen LogP contribution < -0.4 is 11.1 Å². The maximum absolute atomic E-state index is 12.0. The second-order valence-corrected chi connectivity index (χ2v) is 5.60. The van der Waals surface area contributed by atoms with E-state index in [1.54, 1.807) is 0 Å². The van der Waals surface area contributed by atoms with Crippen molar-refractivity contribution in [1.29, 1.82) is 0 Å². The molecule has 0 aromatic heterocycles. The Morgan fingerprint density at radius 2 is 2.19 bits per heavy atom. The van der Waals surface area contributed by atoms with Crippen molar-refractivity contribution in [3.63, 3.8) is 0 Å². The minimum atomic E-state index is -0.503. The predicted octanol–water partition coefficient (Wildman–Crippen LogP) is 0.507. The standard InChI is InChI=1S/C16H25N3O2/c17-8-9-18-16(21)14-7-4-10-19(11-14)12-15(20)13-5-2-1-3-6-13/h1-3,5-6,14-15,20H,4,7-12,17H2,(H,18,21). The van der Waals surface area contributed by atoms with Gasteiger partial charge in [-0.1, -0.05) is 30.3 Å². The number of amides is 1. The highest BCUT2D eigenvalue weighted by atomic mass is 16.3. The van der Waals surface area contributed by atoms with Crippen LogP contribution in [0.1, 0.15) is 24.5 Å². The third kappa shape index (κ3) is 4.81. The molecule has 21 heavy (non-hydrogen) atoms. The van der Waals surface area contributed by atoms with E-state index in [0.717, 1.165) is 24.9 Å². The number of benzene rings is 1. The monoisotopic (exact) mass is 291 g/mol. The first-order valence-corrected chi connectivity index (χ1v) is 7.64. The predicted molar refractivity (Wildman–Crippen MR) is 82.6 cm³/mol. The summed E-state index contributed by atoms with van der Waals surface area (Å²) < 4.78 is 0. The van der Waals surface area contributed by atoms with E-state index in [2.05, 4.69) is 10.2 Å². The Kier molecular flexibility index (Phi) is 6.17. The van der Waals surface area contributed by atoms with Crippen LogP contribution in [0.4, 0.5) is 0 Å². The van der Waals surface area contributed by atoms with Gasteiger partial charge in [0, 0.05) is 26.2 Å². The minimum Gasteiger partial charge on any atom is -0.387 e. The molecule has 5 heteroatoms. The number of hydrogen-bond donors (Lipinski definition) is 3. The fourth-order valence-electron chi connectivity index (χ4n) is 2.80. The van der Waals surface area contributed by atoms with Crippen molar-refractivity contribution < 1.29 is 9.90 Å². The molecule has 116 valence electrons. The number of carbonyl (C=O) groups is 1. The van der Waals surface area contributed by atoms with Crippen molar-refractivity contribution in [2.24, 2.45) is 11.7 Å². The van der Waals surface area contributed by atoms with Crippen LogP contribution >= 0.6 is 0 Å². The number of piperidine rings is 1. The van der Waals surface area contributed by atoms with E-state index in [4.69, 9.17) is 5.73 Å². The van der Waals surface area contributed by atoms with Gasteiger partial charge in [-0.25, -0.2) is 0 Å². The van der Waals surface area contributed by atoms with Crippen LogP contribution in [-0.2, 0) is 4.79 Å². The van der Waals surface area contributed by atoms with E-state index < -0.39 is 6.10 Å². The Hall–Kier alpha value is -1.43. The normalized spacial score (nSPS) is 21.0. The molecule has 1 aliphatic heterocycles. The summed E-state index contributed by atoms with van der Waals surface area (Å²) in [6.07, 6.45) is 1.40. The van der Waals surface area contributed by atoms with E-state index >= 15 is 0 Å². The van der Waals surface area contributed by atoms with Crippen LogP contribution in [0.3, 0.4) is 0 Å². The number of aliphatic hydroxyl groups excluding tert-OH is 1. The number of β-amino-alcohol motifs (C(OH)–C–C–N with tert-alkyl or cyclic N) is 1. The van der Waals surface area contributed by atoms with Crippen LogP contribution in [0.25, 0.3) is 0 Å². The van der Waals surface area contributed by atoms with Gasteiger partial charge in [0.05, 0.1) is 12.0 Å². The summed E-state index contributed by atoms with van der Waals surface area (Å²) in [7, 11) is 0. The van der Waals surface area contributed by atoms with E-state index in [1.807, 2.05) is 30.3 Å². The molecule has 1 aliphatic rings. The van der Waals surface area contributed by atoms with Crippen molar-refractivity contribution in [1.82, 2.24) is 10.2 Å². The lowest BCUT2D eigenvalue weighted by atomic mass is 9.96. The smallest absolute Gasteiger partial charge is 0.224 e. The zero-order chi connectivity index (χ0) is 15.1. The zero-order valence-electron chi connectivity index (χ0n) is 12.4. The Labute approximate surface area is 126 Å². The summed E-state index contributed by atoms with van der Waals surface area (Å²) in [5.74, 6) is 0.0904. The number of nitrogens with zero attached hydrogens (tertiary/aromatic N) is 1. The molecular weight excluding hydrogens is 266 g/mol. The summed E-state index contributed by atoms with van der Waals surface area (Å²) in [6, 6.07) is 9.66. The number of nitrogens with two attached hydrogens (primary N) is 1. The molecule has 0 radical (unpaired) electrons. The summed E-state index contributed by atoms with van der Waals surface area (Å²) in [5, 5.41) is 13.1. The molecule has 1 saturated heterocycles. The molecule has 1 aromatic rings. The van der Waals surface area contributed by atoms with E-state index in [-0.39, 0.29) is 11.8 Å². The van der Waals surface area contributed by atoms with E-state index in [0.29, 0.717) is 26.2 Å². The largest absolute Gasteiger partial charge is 0.387 e. The van der Waals surface area contributed by atoms with Crippen LogP contribution in [0, 0.1) is 5.92 Å². The first kappa shape index (κ1) is 15.9. The van der Waals surface area contributed by atoms with E-state index in [9.17, 15) is 9.90 Å². The molecule has 4 N–H and O–H groups in total. The number of hydrogen-bond acceptors (Lipinski definition) is 4. The Morgan fingerprint density at radius 1 is 1.43 bits per heavy atom. The van der Waals surface area contributed by atoms with Gasteiger partial charge in [-0.15, -0.1) is 0 Å². The molecule has 0 spiro atoms. The number of likely N-dealkylation sites (tertiary alicyclic amines) is 1. The molecule has 0 bridgehead atoms. The van der Waals surface area contributed by atoms with Crippen molar-refractivity contribution in [2.45, 2.75) is 18.9 Å². The highest BCUT2D eigenvalue weighted by molar-refractivity contribution is 5.78. The Morgan fingerprint density at radius 3 is 2.90 bits per heavy atom. The number of carbonyl (C=O) groups excluding carboxylic acids is 1. The molecule has 0 aliphatic carbocycles. The molecule has 1 fully saturated rings. The Bertz CT molecular complexity index is 438. The molecular formula is C16H25N3O2. The van der Waals surface area contributed by atoms with Gasteiger partial charge in [0.25, 0.3) is 0 Å². The van der Waals surface area contributed by atoms with Gasteiger partial charge in [-0.3, -0.25) is 9.69 Å². The highest BCUT2D eigenvalue weighted by Crippen LogP contribution is 2.20. The minimum absolute atomic E-state index is 0.00766. The van der Waals surface area contributed by atoms with Gasteiger partial charge in [0.1, 0.15) is 0 Å². The first-order valence-electron chi connectivity index (χ1n) is 7.64. The molecule has 2 atom stereocenters. The maximum Gasteiger partial charge on any atom is 0.224 e. The molecule has 1 amide bonds. The SMILES string of the molecule is NCCNC(=O)C1CCCN(CC(O)c2ccccc2)C1. The fourth-order valence-corrected chi connectivity index (χ4v) is 2.80. The van der Waals surface area contributed by atoms with Gasteiger partial charge in [-0.05, 0) is 24.9 Å². The average molecular weight is 291 g/mol. The number of aliphatic hydroxyl groups is 1. The van der Waals surface area contributed by atoms with Gasteiger partial charge >= 0.3 is 0 Å². The third-order valence-corrected chi connectivity index (χ3v) is 3.94. The number of rotatable bonds is 6. The van der Waals surface area contributed by atoms with Crippen LogP contribution in [0.2, 0.25) is 0 Å². The maximum atomic E-state index is 12.0.